The van der Waals surface area contributed by atoms with Crippen LogP contribution in [0.2, 0.25) is 0 Å². The van der Waals surface area contributed by atoms with Gasteiger partial charge in [-0.2, -0.15) is 19.6 Å². The molecule has 1 N–H and O–H groups in total. The maximum absolute atomic E-state index is 10.7. The zero-order valence-electron chi connectivity index (χ0n) is 24.7. The van der Waals surface area contributed by atoms with Gasteiger partial charge >= 0.3 is 0 Å². The third-order valence-corrected chi connectivity index (χ3v) is 11.6. The fourth-order valence-electron chi connectivity index (χ4n) is 9.28. The van der Waals surface area contributed by atoms with Gasteiger partial charge in [0.1, 0.15) is 5.75 Å². The predicted octanol–water partition coefficient (Wildman–Crippen LogP) is 6.50. The van der Waals surface area contributed by atoms with Gasteiger partial charge in [0.25, 0.3) is 0 Å². The zero-order chi connectivity index (χ0) is 27.3. The summed E-state index contributed by atoms with van der Waals surface area (Å²) in [6.45, 7) is 10.2. The van der Waals surface area contributed by atoms with Crippen LogP contribution in [0, 0.1) is 23.7 Å². The first-order chi connectivity index (χ1) is 19.4. The number of hydrogen-bond donors (Lipinski definition) is 1. The van der Waals surface area contributed by atoms with E-state index in [0.717, 1.165) is 82.1 Å². The van der Waals surface area contributed by atoms with Crippen LogP contribution in [-0.4, -0.2) is 58.7 Å². The highest BCUT2D eigenvalue weighted by atomic mass is 17.4. The molecule has 0 radical (unpaired) electrons. The average Bonchev–Trinajstić information content (AvgIpc) is 3.50. The van der Waals surface area contributed by atoms with Crippen molar-refractivity contribution in [2.45, 2.75) is 121 Å². The molecule has 3 saturated heterocycles. The second-order valence-electron chi connectivity index (χ2n) is 14.4. The molecule has 0 amide bonds. The Bertz CT molecular complexity index is 1010. The first-order valence-electron chi connectivity index (χ1n) is 16.4. The van der Waals surface area contributed by atoms with Crippen LogP contribution < -0.4 is 0 Å². The van der Waals surface area contributed by atoms with E-state index in [9.17, 15) is 5.11 Å². The Morgan fingerprint density at radius 2 is 1.57 bits per heavy atom. The van der Waals surface area contributed by atoms with Crippen LogP contribution >= 0.6 is 0 Å². The van der Waals surface area contributed by atoms with E-state index in [-0.39, 0.29) is 5.92 Å². The van der Waals surface area contributed by atoms with Crippen molar-refractivity contribution in [1.29, 1.82) is 0 Å². The molecule has 3 saturated carbocycles. The summed E-state index contributed by atoms with van der Waals surface area (Å²) in [6, 6.07) is 7.01. The number of nitrogens with zero attached hydrogens (tertiary/aromatic N) is 2. The third kappa shape index (κ3) is 5.24. The van der Waals surface area contributed by atoms with Crippen LogP contribution in [0.25, 0.3) is 0 Å². The number of hydrogen-bond acceptors (Lipinski definition) is 7. The minimum Gasteiger partial charge on any atom is -0.508 e. The standard InChI is InChI=1S/C33H50N2O5/c1-23-17-25-19-24(2)33(29(18-23)20-25)39-37-32(38-40-33)11-7-26(8-12-32)27-5-6-31(36)28(21-27)22-34-15-9-30(10-16-34)35-13-3-4-14-35/h5-6,21,23-26,29-30,36H,3-4,7-20,22H2,1-2H3. The molecule has 7 rings (SSSR count). The fourth-order valence-corrected chi connectivity index (χ4v) is 9.28. The predicted molar refractivity (Wildman–Crippen MR) is 152 cm³/mol. The minimum atomic E-state index is -0.808. The number of piperidine rings is 1. The van der Waals surface area contributed by atoms with Crippen LogP contribution in [0.15, 0.2) is 18.2 Å². The van der Waals surface area contributed by atoms with E-state index >= 15 is 0 Å². The second kappa shape index (κ2) is 11.1. The number of rotatable bonds is 4. The Balaban J connectivity index is 0.941. The largest absolute Gasteiger partial charge is 0.508 e. The number of fused-ring (bicyclic) bond motifs is 3. The Labute approximate surface area is 240 Å². The van der Waals surface area contributed by atoms with Gasteiger partial charge in [0.15, 0.2) is 0 Å². The zero-order valence-corrected chi connectivity index (χ0v) is 24.7. The summed E-state index contributed by atoms with van der Waals surface area (Å²) >= 11 is 0. The highest BCUT2D eigenvalue weighted by Crippen LogP contribution is 2.56. The summed E-state index contributed by atoms with van der Waals surface area (Å²) < 4.78 is 0. The lowest BCUT2D eigenvalue weighted by Crippen LogP contribution is -2.61. The lowest BCUT2D eigenvalue weighted by atomic mass is 9.62. The Morgan fingerprint density at radius 1 is 0.850 bits per heavy atom. The molecule has 2 bridgehead atoms. The number of benzene rings is 1. The van der Waals surface area contributed by atoms with Gasteiger partial charge in [-0.25, -0.2) is 0 Å². The van der Waals surface area contributed by atoms with E-state index in [0.29, 0.717) is 23.5 Å². The number of likely N-dealkylation sites (tertiary alicyclic amines) is 2. The van der Waals surface area contributed by atoms with E-state index in [4.69, 9.17) is 19.6 Å². The van der Waals surface area contributed by atoms with Crippen molar-refractivity contribution >= 4 is 0 Å². The summed E-state index contributed by atoms with van der Waals surface area (Å²) in [5.74, 6) is 1.33. The number of aromatic hydroxyl groups is 1. The highest BCUT2D eigenvalue weighted by molar-refractivity contribution is 5.38. The molecule has 3 aliphatic carbocycles. The molecule has 2 spiro atoms. The Kier molecular flexibility index (Phi) is 7.68. The van der Waals surface area contributed by atoms with E-state index in [1.54, 1.807) is 0 Å². The minimum absolute atomic E-state index is 0.263. The molecule has 6 fully saturated rings. The van der Waals surface area contributed by atoms with Gasteiger partial charge in [-0.15, -0.1) is 0 Å². The number of phenols is 1. The molecule has 7 heteroatoms. The molecule has 3 heterocycles. The average molecular weight is 555 g/mol. The van der Waals surface area contributed by atoms with Crippen molar-refractivity contribution in [2.24, 2.45) is 23.7 Å². The topological polar surface area (TPSA) is 63.6 Å². The highest BCUT2D eigenvalue weighted by Gasteiger charge is 2.60. The van der Waals surface area contributed by atoms with Gasteiger partial charge < -0.3 is 10.0 Å². The van der Waals surface area contributed by atoms with Gasteiger partial charge in [0, 0.05) is 42.8 Å². The van der Waals surface area contributed by atoms with E-state index < -0.39 is 11.6 Å². The molecule has 6 aliphatic rings. The van der Waals surface area contributed by atoms with Crippen molar-refractivity contribution in [3.8, 4) is 5.75 Å². The SMILES string of the molecule is CC1CC2CC(C)C3(OOC4(CCC(c5ccc(O)c(CN6CCC(N7CCCC7)CC6)c5)CC4)OO3)C(C1)C2. The summed E-state index contributed by atoms with van der Waals surface area (Å²) in [6.07, 6.45) is 13.3. The molecule has 7 nitrogen and oxygen atoms in total. The summed E-state index contributed by atoms with van der Waals surface area (Å²) in [5, 5.41) is 10.7. The van der Waals surface area contributed by atoms with E-state index in [1.807, 2.05) is 6.07 Å². The van der Waals surface area contributed by atoms with Gasteiger partial charge in [-0.1, -0.05) is 26.0 Å². The van der Waals surface area contributed by atoms with Crippen molar-refractivity contribution in [2.75, 3.05) is 26.2 Å². The number of phenolic OH excluding ortho intramolecular Hbond substituents is 1. The van der Waals surface area contributed by atoms with Gasteiger partial charge in [-0.3, -0.25) is 4.90 Å². The molecule has 222 valence electrons. The summed E-state index contributed by atoms with van der Waals surface area (Å²) in [4.78, 5) is 30.1. The lowest BCUT2D eigenvalue weighted by Gasteiger charge is -2.55. The first kappa shape index (κ1) is 27.6. The van der Waals surface area contributed by atoms with Crippen LogP contribution in [0.5, 0.6) is 5.75 Å². The molecular weight excluding hydrogens is 504 g/mol. The molecule has 40 heavy (non-hydrogen) atoms. The van der Waals surface area contributed by atoms with Crippen molar-refractivity contribution < 1.29 is 24.7 Å². The molecule has 4 atom stereocenters. The van der Waals surface area contributed by atoms with Gasteiger partial charge in [0.2, 0.25) is 11.6 Å². The molecule has 4 unspecified atom stereocenters. The van der Waals surface area contributed by atoms with Crippen molar-refractivity contribution in [3.05, 3.63) is 29.3 Å². The first-order valence-corrected chi connectivity index (χ1v) is 16.4. The maximum atomic E-state index is 10.7. The normalized spacial score (nSPS) is 41.6. The third-order valence-electron chi connectivity index (χ3n) is 11.6. The molecular formula is C33H50N2O5. The Hall–Kier alpha value is -1.22. The molecule has 0 aromatic heterocycles. The van der Waals surface area contributed by atoms with Crippen LogP contribution in [0.4, 0.5) is 0 Å². The van der Waals surface area contributed by atoms with Crippen molar-refractivity contribution in [1.82, 2.24) is 9.80 Å². The summed E-state index contributed by atoms with van der Waals surface area (Å²) in [5.41, 5.74) is 2.37. The quantitative estimate of drug-likeness (QED) is 0.426. The van der Waals surface area contributed by atoms with Crippen molar-refractivity contribution in [3.63, 3.8) is 0 Å². The Morgan fingerprint density at radius 3 is 2.30 bits per heavy atom. The van der Waals surface area contributed by atoms with Gasteiger partial charge in [0.05, 0.1) is 0 Å². The molecule has 1 aromatic carbocycles. The molecule has 3 aliphatic heterocycles. The van der Waals surface area contributed by atoms with Crippen LogP contribution in [0.3, 0.4) is 0 Å². The van der Waals surface area contributed by atoms with Crippen LogP contribution in [0.1, 0.15) is 108 Å². The monoisotopic (exact) mass is 554 g/mol. The lowest BCUT2D eigenvalue weighted by molar-refractivity contribution is -0.677. The van der Waals surface area contributed by atoms with E-state index in [1.165, 1.54) is 50.8 Å². The van der Waals surface area contributed by atoms with Crippen LogP contribution in [-0.2, 0) is 26.1 Å². The summed E-state index contributed by atoms with van der Waals surface area (Å²) in [7, 11) is 0. The van der Waals surface area contributed by atoms with Gasteiger partial charge in [-0.05, 0) is 120 Å². The van der Waals surface area contributed by atoms with E-state index in [2.05, 4.69) is 35.8 Å². The smallest absolute Gasteiger partial charge is 0.239 e. The maximum Gasteiger partial charge on any atom is 0.239 e. The fraction of sp³-hybridized carbons (Fsp3) is 0.818. The molecule has 1 aromatic rings. The second-order valence-corrected chi connectivity index (χ2v) is 14.4.